The number of aromatic nitrogens is 1. The first kappa shape index (κ1) is 6.32. The van der Waals surface area contributed by atoms with Gasteiger partial charge in [-0.05, 0) is 6.92 Å². The summed E-state index contributed by atoms with van der Waals surface area (Å²) in [6, 6.07) is 0. The summed E-state index contributed by atoms with van der Waals surface area (Å²) in [6.07, 6.45) is 0. The van der Waals surface area contributed by atoms with Crippen molar-refractivity contribution >= 4 is 36.4 Å². The number of H-pyrrole nitrogens is 1. The summed E-state index contributed by atoms with van der Waals surface area (Å²) < 4.78 is 4.70. The molecule has 1 aromatic rings. The van der Waals surface area contributed by atoms with E-state index in [-0.39, 0.29) is 0 Å². The van der Waals surface area contributed by atoms with E-state index in [2.05, 4.69) is 17.0 Å². The first-order valence-electron chi connectivity index (χ1n) is 2.09. The Kier molecular flexibility index (Phi) is 1.74. The Morgan fingerprint density at radius 1 is 1.75 bits per heavy atom. The van der Waals surface area contributed by atoms with Crippen LogP contribution in [0.3, 0.4) is 0 Å². The molecule has 0 atom stereocenters. The van der Waals surface area contributed by atoms with Gasteiger partial charge in [0.2, 0.25) is 0 Å². The van der Waals surface area contributed by atoms with Crippen LogP contribution in [0.1, 0.15) is 5.56 Å². The van der Waals surface area contributed by atoms with E-state index in [1.54, 1.807) is 0 Å². The zero-order chi connectivity index (χ0) is 6.15. The fraction of sp³-hybridized carbons (Fsp3) is 0.250. The highest BCUT2D eigenvalue weighted by Crippen LogP contribution is 2.17. The molecule has 0 amide bonds. The standard InChI is InChI=1S/C4H5NS3/c1-2-3(6)5-8-4(2)7/h7H,1H3,(H,5,6). The van der Waals surface area contributed by atoms with Crippen molar-refractivity contribution in [2.45, 2.75) is 11.1 Å². The third kappa shape index (κ3) is 0.962. The Morgan fingerprint density at radius 2 is 2.38 bits per heavy atom. The first-order valence-corrected chi connectivity index (χ1v) is 3.76. The summed E-state index contributed by atoms with van der Waals surface area (Å²) >= 11 is 10.5. The second-order valence-corrected chi connectivity index (χ2v) is 3.44. The van der Waals surface area contributed by atoms with Gasteiger partial charge in [0.05, 0.1) is 4.21 Å². The predicted octanol–water partition coefficient (Wildman–Crippen LogP) is 2.40. The number of hydrogen-bond donors (Lipinski definition) is 2. The zero-order valence-corrected chi connectivity index (χ0v) is 6.79. The maximum absolute atomic E-state index is 4.88. The van der Waals surface area contributed by atoms with Crippen LogP contribution < -0.4 is 0 Å². The molecule has 0 aromatic carbocycles. The number of hydrogen-bond acceptors (Lipinski definition) is 3. The van der Waals surface area contributed by atoms with Crippen LogP contribution in [0.25, 0.3) is 0 Å². The van der Waals surface area contributed by atoms with Crippen molar-refractivity contribution in [3.8, 4) is 0 Å². The monoisotopic (exact) mass is 163 g/mol. The quantitative estimate of drug-likeness (QED) is 0.443. The van der Waals surface area contributed by atoms with Gasteiger partial charge >= 0.3 is 0 Å². The second-order valence-electron chi connectivity index (χ2n) is 1.46. The highest BCUT2D eigenvalue weighted by Gasteiger charge is 1.94. The molecule has 1 rings (SSSR count). The van der Waals surface area contributed by atoms with Crippen LogP contribution in [0, 0.1) is 11.6 Å². The Morgan fingerprint density at radius 3 is 2.50 bits per heavy atom. The molecule has 0 saturated heterocycles. The Hall–Kier alpha value is 0.200. The molecule has 1 aromatic heterocycles. The minimum atomic E-state index is 0.806. The van der Waals surface area contributed by atoms with Crippen LogP contribution in [0.2, 0.25) is 0 Å². The fourth-order valence-electron chi connectivity index (χ4n) is 0.345. The number of rotatable bonds is 0. The molecule has 0 aliphatic heterocycles. The van der Waals surface area contributed by atoms with Crippen LogP contribution in [-0.2, 0) is 0 Å². The van der Waals surface area contributed by atoms with Gasteiger partial charge in [0, 0.05) is 5.56 Å². The fourth-order valence-corrected chi connectivity index (χ4v) is 1.56. The normalized spacial score (nSPS) is 9.75. The van der Waals surface area contributed by atoms with E-state index >= 15 is 0 Å². The molecule has 0 radical (unpaired) electrons. The van der Waals surface area contributed by atoms with Gasteiger partial charge in [-0.2, -0.15) is 0 Å². The summed E-state index contributed by atoms with van der Waals surface area (Å²) in [5, 5.41) is 0. The average Bonchev–Trinajstić information content (AvgIpc) is 1.98. The van der Waals surface area contributed by atoms with Gasteiger partial charge in [-0.3, -0.25) is 0 Å². The second kappa shape index (κ2) is 2.21. The molecule has 44 valence electrons. The highest BCUT2D eigenvalue weighted by atomic mass is 32.2. The number of nitrogens with one attached hydrogen (secondary N) is 1. The summed E-state index contributed by atoms with van der Waals surface area (Å²) in [6.45, 7) is 1.96. The van der Waals surface area contributed by atoms with Crippen molar-refractivity contribution in [3.63, 3.8) is 0 Å². The van der Waals surface area contributed by atoms with Gasteiger partial charge in [0.1, 0.15) is 4.64 Å². The molecule has 0 saturated carbocycles. The summed E-state index contributed by atoms with van der Waals surface area (Å²) in [4.78, 5) is 0. The van der Waals surface area contributed by atoms with Crippen LogP contribution in [0.4, 0.5) is 0 Å². The van der Waals surface area contributed by atoms with E-state index in [4.69, 9.17) is 12.2 Å². The lowest BCUT2D eigenvalue weighted by molar-refractivity contribution is 1.36. The number of thiol groups is 1. The maximum atomic E-state index is 4.88. The van der Waals surface area contributed by atoms with Crippen molar-refractivity contribution < 1.29 is 0 Å². The largest absolute Gasteiger partial charge is 0.301 e. The van der Waals surface area contributed by atoms with Crippen molar-refractivity contribution in [2.24, 2.45) is 0 Å². The Balaban J connectivity index is 3.41. The van der Waals surface area contributed by atoms with Gasteiger partial charge in [-0.15, -0.1) is 12.6 Å². The van der Waals surface area contributed by atoms with E-state index in [0.717, 1.165) is 14.4 Å². The van der Waals surface area contributed by atoms with Crippen molar-refractivity contribution in [2.75, 3.05) is 0 Å². The third-order valence-electron chi connectivity index (χ3n) is 0.902. The minimum Gasteiger partial charge on any atom is -0.301 e. The average molecular weight is 163 g/mol. The van der Waals surface area contributed by atoms with E-state index < -0.39 is 0 Å². The lowest BCUT2D eigenvalue weighted by Crippen LogP contribution is -1.62. The summed E-state index contributed by atoms with van der Waals surface area (Å²) in [5.41, 5.74) is 1.08. The van der Waals surface area contributed by atoms with E-state index in [9.17, 15) is 0 Å². The highest BCUT2D eigenvalue weighted by molar-refractivity contribution is 7.82. The molecule has 1 nitrogen and oxygen atoms in total. The molecule has 0 aliphatic carbocycles. The van der Waals surface area contributed by atoms with Gasteiger partial charge in [-0.25, -0.2) is 0 Å². The van der Waals surface area contributed by atoms with E-state index in [0.29, 0.717) is 0 Å². The van der Waals surface area contributed by atoms with Crippen LogP contribution >= 0.6 is 36.4 Å². The van der Waals surface area contributed by atoms with Crippen LogP contribution in [0.5, 0.6) is 0 Å². The van der Waals surface area contributed by atoms with Gasteiger partial charge in [0.25, 0.3) is 0 Å². The predicted molar refractivity (Wildman–Crippen MR) is 41.5 cm³/mol. The smallest absolute Gasteiger partial charge is 0.117 e. The molecule has 4 heteroatoms. The Bertz CT molecular complexity index is 234. The minimum absolute atomic E-state index is 0.806. The lowest BCUT2D eigenvalue weighted by Gasteiger charge is -1.77. The molecular formula is C4H5NS3. The van der Waals surface area contributed by atoms with Crippen molar-refractivity contribution in [1.29, 1.82) is 0 Å². The van der Waals surface area contributed by atoms with Crippen molar-refractivity contribution in [1.82, 2.24) is 4.37 Å². The Labute approximate surface area is 62.3 Å². The molecule has 0 bridgehead atoms. The van der Waals surface area contributed by atoms with E-state index in [1.165, 1.54) is 11.5 Å². The van der Waals surface area contributed by atoms with Crippen molar-refractivity contribution in [3.05, 3.63) is 10.2 Å². The number of aromatic amines is 1. The maximum Gasteiger partial charge on any atom is 0.117 e. The molecule has 0 aliphatic rings. The molecular weight excluding hydrogens is 158 g/mol. The van der Waals surface area contributed by atoms with E-state index in [1.807, 2.05) is 6.92 Å². The molecule has 8 heavy (non-hydrogen) atoms. The molecule has 0 fully saturated rings. The molecule has 0 unspecified atom stereocenters. The third-order valence-corrected chi connectivity index (χ3v) is 2.85. The molecule has 1 N–H and O–H groups in total. The van der Waals surface area contributed by atoms with Gasteiger partial charge in [0.15, 0.2) is 0 Å². The topological polar surface area (TPSA) is 15.8 Å². The molecule has 0 spiro atoms. The molecule has 1 heterocycles. The van der Waals surface area contributed by atoms with Gasteiger partial charge < -0.3 is 4.37 Å². The SMILES string of the molecule is Cc1c(S)s[nH]c1=S. The zero-order valence-electron chi connectivity index (χ0n) is 4.26. The van der Waals surface area contributed by atoms with Gasteiger partial charge in [-0.1, -0.05) is 23.8 Å². The van der Waals surface area contributed by atoms with Crippen LogP contribution in [-0.4, -0.2) is 4.37 Å². The lowest BCUT2D eigenvalue weighted by atomic mass is 10.4. The van der Waals surface area contributed by atoms with Crippen LogP contribution in [0.15, 0.2) is 4.21 Å². The summed E-state index contributed by atoms with van der Waals surface area (Å²) in [7, 11) is 0. The first-order chi connectivity index (χ1) is 3.72. The summed E-state index contributed by atoms with van der Waals surface area (Å²) in [5.74, 6) is 0.